The second-order valence-corrected chi connectivity index (χ2v) is 4.10. The molecule has 0 unspecified atom stereocenters. The van der Waals surface area contributed by atoms with Crippen LogP contribution in [-0.2, 0) is 0 Å². The van der Waals surface area contributed by atoms with E-state index in [1.165, 1.54) is 0 Å². The van der Waals surface area contributed by atoms with Gasteiger partial charge in [0.15, 0.2) is 0 Å². The predicted octanol–water partition coefficient (Wildman–Crippen LogP) is 3.74. The maximum Gasteiger partial charge on any atom is 0.265 e. The van der Waals surface area contributed by atoms with Gasteiger partial charge in [0.2, 0.25) is 5.95 Å². The van der Waals surface area contributed by atoms with Crippen LogP contribution in [0.5, 0.6) is 0 Å². The molecule has 0 aliphatic heterocycles. The molecule has 0 saturated carbocycles. The van der Waals surface area contributed by atoms with E-state index in [2.05, 4.69) is 65.0 Å². The molecule has 0 atom stereocenters. The van der Waals surface area contributed by atoms with Crippen LogP contribution in [0.3, 0.4) is 0 Å². The largest absolute Gasteiger partial charge is 0.324 e. The Labute approximate surface area is 129 Å². The summed E-state index contributed by atoms with van der Waals surface area (Å²) in [7, 11) is 0. The molecule has 1 aromatic heterocycles. The van der Waals surface area contributed by atoms with Crippen LogP contribution >= 0.6 is 36.0 Å². The standard InChI is InChI=1S/C11H5ClN6S2/c12-7-1-3-8(4-2-7)15-11-17-9(13-5-19)16-10(18-11)14-6-20/h1-4H,(H,15,16,17,18). The summed E-state index contributed by atoms with van der Waals surface area (Å²) in [6.45, 7) is 0. The van der Waals surface area contributed by atoms with Gasteiger partial charge in [-0.1, -0.05) is 11.6 Å². The second kappa shape index (κ2) is 6.91. The van der Waals surface area contributed by atoms with Crippen molar-refractivity contribution in [1.82, 2.24) is 15.0 Å². The summed E-state index contributed by atoms with van der Waals surface area (Å²) in [6.07, 6.45) is 0. The Morgan fingerprint density at radius 3 is 2.00 bits per heavy atom. The zero-order valence-electron chi connectivity index (χ0n) is 9.74. The predicted molar refractivity (Wildman–Crippen MR) is 83.9 cm³/mol. The lowest BCUT2D eigenvalue weighted by Gasteiger charge is -2.05. The first-order valence-corrected chi connectivity index (χ1v) is 6.35. The molecule has 0 aliphatic rings. The summed E-state index contributed by atoms with van der Waals surface area (Å²) in [5, 5.41) is 7.94. The molecule has 0 radical (unpaired) electrons. The molecule has 6 nitrogen and oxygen atoms in total. The van der Waals surface area contributed by atoms with Crippen LogP contribution in [0.4, 0.5) is 23.5 Å². The van der Waals surface area contributed by atoms with E-state index < -0.39 is 0 Å². The van der Waals surface area contributed by atoms with E-state index in [9.17, 15) is 0 Å². The van der Waals surface area contributed by atoms with Gasteiger partial charge in [-0.05, 0) is 48.7 Å². The van der Waals surface area contributed by atoms with E-state index in [0.29, 0.717) is 5.02 Å². The Morgan fingerprint density at radius 2 is 1.50 bits per heavy atom. The fourth-order valence-corrected chi connectivity index (χ4v) is 1.54. The lowest BCUT2D eigenvalue weighted by Crippen LogP contribution is -1.98. The summed E-state index contributed by atoms with van der Waals surface area (Å²) in [5.74, 6) is 0.404. The number of nitrogens with one attached hydrogen (secondary N) is 1. The quantitative estimate of drug-likeness (QED) is 0.683. The summed E-state index contributed by atoms with van der Waals surface area (Å²) >= 11 is 14.8. The Bertz CT molecular complexity index is 684. The van der Waals surface area contributed by atoms with E-state index in [1.54, 1.807) is 24.3 Å². The molecular weight excluding hydrogens is 316 g/mol. The number of aliphatic imine (C=N–C) groups is 2. The van der Waals surface area contributed by atoms with Crippen LogP contribution in [0.1, 0.15) is 0 Å². The van der Waals surface area contributed by atoms with Crippen molar-refractivity contribution in [3.8, 4) is 0 Å². The molecule has 2 rings (SSSR count). The lowest BCUT2D eigenvalue weighted by molar-refractivity contribution is 1.04. The van der Waals surface area contributed by atoms with Crippen LogP contribution < -0.4 is 5.32 Å². The fraction of sp³-hybridized carbons (Fsp3) is 0. The monoisotopic (exact) mass is 320 g/mol. The highest BCUT2D eigenvalue weighted by molar-refractivity contribution is 7.78. The molecule has 9 heteroatoms. The number of anilines is 2. The second-order valence-electron chi connectivity index (χ2n) is 3.30. The minimum absolute atomic E-state index is 0.0791. The third-order valence-corrected chi connectivity index (χ3v) is 2.44. The minimum atomic E-state index is 0.0791. The number of halogens is 1. The Hall–Kier alpha value is -2.08. The number of isothiocyanates is 2. The van der Waals surface area contributed by atoms with Gasteiger partial charge >= 0.3 is 0 Å². The molecule has 1 heterocycles. The number of hydrogen-bond acceptors (Lipinski definition) is 8. The van der Waals surface area contributed by atoms with E-state index >= 15 is 0 Å². The molecular formula is C11H5ClN6S2. The third-order valence-electron chi connectivity index (χ3n) is 2.00. The average Bonchev–Trinajstić information content (AvgIpc) is 2.42. The summed E-state index contributed by atoms with van der Waals surface area (Å²) < 4.78 is 0. The Kier molecular flexibility index (Phi) is 4.95. The van der Waals surface area contributed by atoms with Crippen LogP contribution in [0.2, 0.25) is 5.02 Å². The van der Waals surface area contributed by atoms with Crippen LogP contribution in [0.25, 0.3) is 0 Å². The molecule has 0 saturated heterocycles. The maximum atomic E-state index is 5.81. The van der Waals surface area contributed by atoms with Crippen molar-refractivity contribution in [2.45, 2.75) is 0 Å². The number of aromatic nitrogens is 3. The maximum absolute atomic E-state index is 5.81. The van der Waals surface area contributed by atoms with Crippen molar-refractivity contribution in [3.05, 3.63) is 29.3 Å². The van der Waals surface area contributed by atoms with Crippen molar-refractivity contribution < 1.29 is 0 Å². The minimum Gasteiger partial charge on any atom is -0.324 e. The summed E-state index contributed by atoms with van der Waals surface area (Å²) in [4.78, 5) is 19.3. The topological polar surface area (TPSA) is 75.4 Å². The molecule has 0 fully saturated rings. The van der Waals surface area contributed by atoms with E-state index in [-0.39, 0.29) is 17.8 Å². The van der Waals surface area contributed by atoms with Gasteiger partial charge in [0.05, 0.1) is 10.3 Å². The fourth-order valence-electron chi connectivity index (χ4n) is 1.25. The van der Waals surface area contributed by atoms with Gasteiger partial charge < -0.3 is 5.32 Å². The van der Waals surface area contributed by atoms with Crippen LogP contribution in [0.15, 0.2) is 34.3 Å². The first-order chi connectivity index (χ1) is 9.71. The molecule has 0 bridgehead atoms. The van der Waals surface area contributed by atoms with E-state index in [1.807, 2.05) is 0 Å². The highest BCUT2D eigenvalue weighted by atomic mass is 35.5. The summed E-state index contributed by atoms with van der Waals surface area (Å²) in [5.41, 5.74) is 0.746. The SMILES string of the molecule is S=C=Nc1nc(N=C=S)nc(Nc2ccc(Cl)cc2)n1. The van der Waals surface area contributed by atoms with Gasteiger partial charge in [0.25, 0.3) is 11.9 Å². The van der Waals surface area contributed by atoms with Gasteiger partial charge in [-0.2, -0.15) is 24.9 Å². The normalized spacial score (nSPS) is 9.25. The molecule has 20 heavy (non-hydrogen) atoms. The Morgan fingerprint density at radius 1 is 0.950 bits per heavy atom. The number of benzene rings is 1. The summed E-state index contributed by atoms with van der Waals surface area (Å²) in [6, 6.07) is 7.02. The lowest BCUT2D eigenvalue weighted by atomic mass is 10.3. The van der Waals surface area contributed by atoms with Crippen LogP contribution in [-0.4, -0.2) is 25.3 Å². The highest BCUT2D eigenvalue weighted by Gasteiger charge is 2.05. The number of thiocarbonyl (C=S) groups is 2. The third kappa shape index (κ3) is 3.96. The molecule has 1 N–H and O–H groups in total. The smallest absolute Gasteiger partial charge is 0.265 e. The van der Waals surface area contributed by atoms with Gasteiger partial charge in [-0.15, -0.1) is 0 Å². The molecule has 0 aliphatic carbocycles. The zero-order chi connectivity index (χ0) is 14.4. The van der Waals surface area contributed by atoms with Crippen molar-refractivity contribution >= 4 is 69.9 Å². The van der Waals surface area contributed by atoms with Crippen molar-refractivity contribution in [1.29, 1.82) is 0 Å². The number of rotatable bonds is 4. The van der Waals surface area contributed by atoms with Gasteiger partial charge in [0.1, 0.15) is 0 Å². The van der Waals surface area contributed by atoms with Crippen molar-refractivity contribution in [3.63, 3.8) is 0 Å². The molecule has 2 aromatic rings. The first kappa shape index (κ1) is 14.3. The number of hydrogen-bond donors (Lipinski definition) is 1. The molecule has 0 amide bonds. The van der Waals surface area contributed by atoms with Gasteiger partial charge in [0, 0.05) is 10.7 Å². The average molecular weight is 321 g/mol. The van der Waals surface area contributed by atoms with Crippen molar-refractivity contribution in [2.24, 2.45) is 9.98 Å². The van der Waals surface area contributed by atoms with Crippen LogP contribution in [0, 0.1) is 0 Å². The van der Waals surface area contributed by atoms with E-state index in [0.717, 1.165) is 5.69 Å². The first-order valence-electron chi connectivity index (χ1n) is 5.15. The van der Waals surface area contributed by atoms with Gasteiger partial charge in [-0.25, -0.2) is 0 Å². The highest BCUT2D eigenvalue weighted by Crippen LogP contribution is 2.19. The van der Waals surface area contributed by atoms with Crippen molar-refractivity contribution in [2.75, 3.05) is 5.32 Å². The van der Waals surface area contributed by atoms with E-state index in [4.69, 9.17) is 11.6 Å². The molecule has 98 valence electrons. The zero-order valence-corrected chi connectivity index (χ0v) is 12.1. The molecule has 1 aromatic carbocycles. The number of nitrogens with zero attached hydrogens (tertiary/aromatic N) is 5. The Balaban J connectivity index is 2.36. The van der Waals surface area contributed by atoms with Gasteiger partial charge in [-0.3, -0.25) is 0 Å². The molecule has 0 spiro atoms.